The summed E-state index contributed by atoms with van der Waals surface area (Å²) in [5, 5.41) is 5.00. The topological polar surface area (TPSA) is 90.7 Å². The molecule has 0 aliphatic carbocycles. The summed E-state index contributed by atoms with van der Waals surface area (Å²) in [6, 6.07) is 10.9. The average Bonchev–Trinajstić information content (AvgIpc) is 3.11. The number of benzene rings is 2. The number of nitrogens with zero attached hydrogens (tertiary/aromatic N) is 3. The van der Waals surface area contributed by atoms with Crippen LogP contribution in [0.1, 0.15) is 5.56 Å². The van der Waals surface area contributed by atoms with Gasteiger partial charge in [0.25, 0.3) is 5.56 Å². The summed E-state index contributed by atoms with van der Waals surface area (Å²) in [7, 11) is 4.73. The van der Waals surface area contributed by atoms with Crippen LogP contribution >= 0.6 is 0 Å². The Morgan fingerprint density at radius 1 is 1.04 bits per heavy atom. The molecule has 0 unspecified atom stereocenters. The molecular weight excluding hydrogens is 360 g/mol. The zero-order chi connectivity index (χ0) is 19.7. The van der Waals surface area contributed by atoms with Crippen LogP contribution in [0.15, 0.2) is 52.6 Å². The fourth-order valence-corrected chi connectivity index (χ4v) is 2.98. The summed E-state index contributed by atoms with van der Waals surface area (Å²) in [4.78, 5) is 20.3. The van der Waals surface area contributed by atoms with Gasteiger partial charge in [-0.25, -0.2) is 4.98 Å². The van der Waals surface area contributed by atoms with Gasteiger partial charge in [0, 0.05) is 11.5 Å². The molecule has 0 fully saturated rings. The van der Waals surface area contributed by atoms with Crippen molar-refractivity contribution in [1.82, 2.24) is 14.6 Å². The van der Waals surface area contributed by atoms with Crippen LogP contribution in [-0.4, -0.2) is 42.2 Å². The van der Waals surface area contributed by atoms with E-state index >= 15 is 0 Å². The molecule has 28 heavy (non-hydrogen) atoms. The maximum atomic E-state index is 12.8. The fraction of sp³-hybridized carbons (Fsp3) is 0.150. The summed E-state index contributed by atoms with van der Waals surface area (Å²) in [6.07, 6.45) is 2.98. The van der Waals surface area contributed by atoms with Crippen molar-refractivity contribution in [2.24, 2.45) is 5.10 Å². The lowest BCUT2D eigenvalue weighted by Gasteiger charge is -2.06. The van der Waals surface area contributed by atoms with Gasteiger partial charge >= 0.3 is 0 Å². The summed E-state index contributed by atoms with van der Waals surface area (Å²) in [5.41, 5.74) is 2.17. The van der Waals surface area contributed by atoms with Crippen molar-refractivity contribution < 1.29 is 14.2 Å². The van der Waals surface area contributed by atoms with Crippen LogP contribution in [0, 0.1) is 0 Å². The highest BCUT2D eigenvalue weighted by atomic mass is 16.5. The number of rotatable bonds is 5. The van der Waals surface area contributed by atoms with E-state index in [0.717, 1.165) is 22.2 Å². The van der Waals surface area contributed by atoms with Gasteiger partial charge in [-0.3, -0.25) is 4.79 Å². The molecule has 2 aromatic carbocycles. The number of H-pyrrole nitrogens is 1. The number of methoxy groups -OCH3 is 3. The van der Waals surface area contributed by atoms with Crippen molar-refractivity contribution in [3.63, 3.8) is 0 Å². The van der Waals surface area contributed by atoms with Gasteiger partial charge < -0.3 is 19.2 Å². The second-order valence-electron chi connectivity index (χ2n) is 6.01. The minimum atomic E-state index is -0.302. The lowest BCUT2D eigenvalue weighted by Crippen LogP contribution is -2.17. The van der Waals surface area contributed by atoms with Crippen molar-refractivity contribution in [3.8, 4) is 17.2 Å². The lowest BCUT2D eigenvalue weighted by molar-refractivity contribution is 0.356. The lowest BCUT2D eigenvalue weighted by atomic mass is 10.2. The molecule has 1 N–H and O–H groups in total. The highest BCUT2D eigenvalue weighted by Gasteiger charge is 2.14. The van der Waals surface area contributed by atoms with Gasteiger partial charge in [0.2, 0.25) is 0 Å². The monoisotopic (exact) mass is 378 g/mol. The van der Waals surface area contributed by atoms with E-state index in [1.54, 1.807) is 39.7 Å². The van der Waals surface area contributed by atoms with Gasteiger partial charge in [0.15, 0.2) is 11.5 Å². The summed E-state index contributed by atoms with van der Waals surface area (Å²) in [6.45, 7) is 0. The molecule has 0 aliphatic rings. The van der Waals surface area contributed by atoms with Crippen LogP contribution in [0.4, 0.5) is 0 Å². The number of hydrogen-bond acceptors (Lipinski definition) is 6. The van der Waals surface area contributed by atoms with E-state index < -0.39 is 0 Å². The number of aromatic amines is 1. The van der Waals surface area contributed by atoms with Crippen LogP contribution < -0.4 is 19.8 Å². The van der Waals surface area contributed by atoms with Crippen molar-refractivity contribution in [2.45, 2.75) is 0 Å². The van der Waals surface area contributed by atoms with Gasteiger partial charge in [-0.2, -0.15) is 9.78 Å². The fourth-order valence-electron chi connectivity index (χ4n) is 2.98. The quantitative estimate of drug-likeness (QED) is 0.539. The van der Waals surface area contributed by atoms with Gasteiger partial charge in [-0.05, 0) is 35.9 Å². The smallest absolute Gasteiger partial charge is 0.298 e. The third kappa shape index (κ3) is 2.94. The maximum absolute atomic E-state index is 12.8. The molecule has 4 aromatic rings. The molecule has 2 heterocycles. The second kappa shape index (κ2) is 7.07. The van der Waals surface area contributed by atoms with Gasteiger partial charge in [-0.15, -0.1) is 0 Å². The predicted molar refractivity (Wildman–Crippen MR) is 107 cm³/mol. The zero-order valence-corrected chi connectivity index (χ0v) is 15.6. The van der Waals surface area contributed by atoms with E-state index in [4.69, 9.17) is 14.2 Å². The molecule has 0 aliphatic heterocycles. The molecule has 0 saturated heterocycles. The normalized spacial score (nSPS) is 11.4. The Labute approximate surface area is 160 Å². The van der Waals surface area contributed by atoms with Crippen LogP contribution in [0.5, 0.6) is 17.2 Å². The third-order valence-corrected chi connectivity index (χ3v) is 4.44. The second-order valence-corrected chi connectivity index (χ2v) is 6.01. The molecule has 0 bridgehead atoms. The predicted octanol–water partition coefficient (Wildman–Crippen LogP) is 2.79. The largest absolute Gasteiger partial charge is 0.497 e. The first-order valence-corrected chi connectivity index (χ1v) is 8.48. The maximum Gasteiger partial charge on any atom is 0.298 e. The summed E-state index contributed by atoms with van der Waals surface area (Å²) in [5.74, 6) is 1.89. The summed E-state index contributed by atoms with van der Waals surface area (Å²) < 4.78 is 17.0. The van der Waals surface area contributed by atoms with E-state index in [9.17, 15) is 4.79 Å². The number of ether oxygens (including phenoxy) is 3. The average molecular weight is 378 g/mol. The molecule has 0 spiro atoms. The van der Waals surface area contributed by atoms with E-state index in [1.807, 2.05) is 24.3 Å². The van der Waals surface area contributed by atoms with Crippen molar-refractivity contribution >= 4 is 28.2 Å². The molecule has 8 heteroatoms. The number of nitrogens with one attached hydrogen (secondary N) is 1. The molecule has 4 rings (SSSR count). The first-order chi connectivity index (χ1) is 13.6. The SMILES string of the molecule is COc1ccc(/C=N/n2cnc3c([nH]c4cc(OC)c(OC)cc43)c2=O)cc1. The Kier molecular flexibility index (Phi) is 4.44. The molecule has 0 amide bonds. The molecule has 0 radical (unpaired) electrons. The van der Waals surface area contributed by atoms with E-state index in [2.05, 4.69) is 15.1 Å². The molecule has 0 atom stereocenters. The van der Waals surface area contributed by atoms with E-state index in [-0.39, 0.29) is 5.56 Å². The minimum Gasteiger partial charge on any atom is -0.497 e. The highest BCUT2D eigenvalue weighted by molar-refractivity contribution is 6.05. The van der Waals surface area contributed by atoms with E-state index in [0.29, 0.717) is 22.5 Å². The zero-order valence-electron chi connectivity index (χ0n) is 15.6. The molecule has 0 saturated carbocycles. The Bertz CT molecular complexity index is 1240. The van der Waals surface area contributed by atoms with Crippen LogP contribution in [-0.2, 0) is 0 Å². The van der Waals surface area contributed by atoms with E-state index in [1.165, 1.54) is 11.0 Å². The first-order valence-electron chi connectivity index (χ1n) is 8.48. The Morgan fingerprint density at radius 2 is 1.75 bits per heavy atom. The first kappa shape index (κ1) is 17.6. The van der Waals surface area contributed by atoms with Gasteiger partial charge in [0.1, 0.15) is 23.1 Å². The van der Waals surface area contributed by atoms with Crippen LogP contribution in [0.25, 0.3) is 21.9 Å². The Balaban J connectivity index is 1.78. The standard InChI is InChI=1S/C20H18N4O4/c1-26-13-6-4-12(5-7-13)10-22-24-11-21-18-14-8-16(27-2)17(28-3)9-15(14)23-19(18)20(24)25/h4-11,23H,1-3H3/b22-10+. The van der Waals surface area contributed by atoms with Crippen LogP contribution in [0.2, 0.25) is 0 Å². The van der Waals surface area contributed by atoms with Gasteiger partial charge in [-0.1, -0.05) is 0 Å². The van der Waals surface area contributed by atoms with Crippen LogP contribution in [0.3, 0.4) is 0 Å². The third-order valence-electron chi connectivity index (χ3n) is 4.44. The molecule has 8 nitrogen and oxygen atoms in total. The van der Waals surface area contributed by atoms with Crippen molar-refractivity contribution in [1.29, 1.82) is 0 Å². The number of aromatic nitrogens is 3. The number of fused-ring (bicyclic) bond motifs is 3. The highest BCUT2D eigenvalue weighted by Crippen LogP contribution is 2.34. The minimum absolute atomic E-state index is 0.302. The van der Waals surface area contributed by atoms with Gasteiger partial charge in [0.05, 0.1) is 33.1 Å². The Morgan fingerprint density at radius 3 is 2.43 bits per heavy atom. The summed E-state index contributed by atoms with van der Waals surface area (Å²) >= 11 is 0. The van der Waals surface area contributed by atoms with Crippen molar-refractivity contribution in [3.05, 3.63) is 58.6 Å². The molecule has 142 valence electrons. The Hall–Kier alpha value is -3.81. The molecular formula is C20H18N4O4. The molecule has 2 aromatic heterocycles. The number of hydrogen-bond donors (Lipinski definition) is 1. The van der Waals surface area contributed by atoms with Crippen molar-refractivity contribution in [2.75, 3.05) is 21.3 Å².